The number of hydrogen-bond acceptors (Lipinski definition) is 2. The Kier molecular flexibility index (Phi) is 7.11. The summed E-state index contributed by atoms with van der Waals surface area (Å²) in [7, 11) is 0. The van der Waals surface area contributed by atoms with Crippen LogP contribution in [0.2, 0.25) is 5.02 Å². The highest BCUT2D eigenvalue weighted by molar-refractivity contribution is 6.31. The summed E-state index contributed by atoms with van der Waals surface area (Å²) in [4.78, 5) is 2.28. The topological polar surface area (TPSA) is 15.3 Å². The van der Waals surface area contributed by atoms with Gasteiger partial charge < -0.3 is 10.2 Å². The average molecular weight is 295 g/mol. The van der Waals surface area contributed by atoms with Crippen molar-refractivity contribution in [3.05, 3.63) is 40.9 Å². The van der Waals surface area contributed by atoms with Crippen molar-refractivity contribution in [2.75, 3.05) is 24.5 Å². The summed E-state index contributed by atoms with van der Waals surface area (Å²) >= 11 is 6.45. The molecule has 0 bridgehead atoms. The molecule has 1 atom stereocenters. The van der Waals surface area contributed by atoms with Gasteiger partial charge in [0.15, 0.2) is 0 Å². The van der Waals surface area contributed by atoms with E-state index in [4.69, 9.17) is 11.6 Å². The number of hydrogen-bond donors (Lipinski definition) is 1. The lowest BCUT2D eigenvalue weighted by atomic mass is 10.1. The quantitative estimate of drug-likeness (QED) is 0.693. The van der Waals surface area contributed by atoms with Crippen molar-refractivity contribution in [1.29, 1.82) is 0 Å². The normalized spacial score (nSPS) is 12.2. The Labute approximate surface area is 128 Å². The van der Waals surface area contributed by atoms with Gasteiger partial charge in [0.25, 0.3) is 0 Å². The van der Waals surface area contributed by atoms with Crippen LogP contribution in [0.15, 0.2) is 30.4 Å². The summed E-state index contributed by atoms with van der Waals surface area (Å²) in [5, 5.41) is 4.30. The van der Waals surface area contributed by atoms with Gasteiger partial charge in [0, 0.05) is 29.8 Å². The zero-order valence-corrected chi connectivity index (χ0v) is 13.9. The third-order valence-electron chi connectivity index (χ3n) is 3.36. The number of nitrogens with zero attached hydrogens (tertiary/aromatic N) is 1. The number of benzene rings is 1. The lowest BCUT2D eigenvalue weighted by Gasteiger charge is -2.25. The highest BCUT2D eigenvalue weighted by Gasteiger charge is 2.11. The molecule has 1 aromatic rings. The molecule has 0 spiro atoms. The van der Waals surface area contributed by atoms with Crippen LogP contribution in [0.1, 0.15) is 45.7 Å². The molecule has 0 radical (unpaired) electrons. The van der Waals surface area contributed by atoms with Crippen LogP contribution in [-0.2, 0) is 0 Å². The van der Waals surface area contributed by atoms with Gasteiger partial charge in [-0.1, -0.05) is 36.7 Å². The van der Waals surface area contributed by atoms with Gasteiger partial charge >= 0.3 is 0 Å². The molecule has 1 N–H and O–H groups in total. The lowest BCUT2D eigenvalue weighted by Crippen LogP contribution is -2.24. The maximum atomic E-state index is 6.45. The largest absolute Gasteiger partial charge is 0.368 e. The molecule has 0 aromatic heterocycles. The van der Waals surface area contributed by atoms with E-state index < -0.39 is 0 Å². The van der Waals surface area contributed by atoms with E-state index in [0.29, 0.717) is 0 Å². The fourth-order valence-corrected chi connectivity index (χ4v) is 2.58. The van der Waals surface area contributed by atoms with Crippen molar-refractivity contribution in [1.82, 2.24) is 5.32 Å². The first-order chi connectivity index (χ1) is 9.49. The fourth-order valence-electron chi connectivity index (χ4n) is 2.25. The van der Waals surface area contributed by atoms with E-state index in [-0.39, 0.29) is 6.04 Å². The molecule has 3 heteroatoms. The summed E-state index contributed by atoms with van der Waals surface area (Å²) in [5.41, 5.74) is 3.48. The first-order valence-corrected chi connectivity index (χ1v) is 7.79. The zero-order chi connectivity index (χ0) is 15.1. The fraction of sp³-hybridized carbons (Fsp3) is 0.529. The second kappa shape index (κ2) is 8.33. The Hall–Kier alpha value is -0.990. The molecule has 20 heavy (non-hydrogen) atoms. The molecule has 1 unspecified atom stereocenters. The van der Waals surface area contributed by atoms with E-state index in [1.165, 1.54) is 0 Å². The maximum Gasteiger partial charge on any atom is 0.0474 e. The van der Waals surface area contributed by atoms with Crippen LogP contribution >= 0.6 is 11.6 Å². The molecule has 0 aliphatic carbocycles. The van der Waals surface area contributed by atoms with Gasteiger partial charge in [0.1, 0.15) is 0 Å². The van der Waals surface area contributed by atoms with Gasteiger partial charge in [-0.3, -0.25) is 0 Å². The Balaban J connectivity index is 2.88. The summed E-state index contributed by atoms with van der Waals surface area (Å²) in [6.45, 7) is 15.3. The molecule has 112 valence electrons. The number of likely N-dealkylation sites (N-methyl/N-ethyl adjacent to an activating group) is 1. The minimum absolute atomic E-state index is 0.285. The van der Waals surface area contributed by atoms with Crippen LogP contribution in [-0.4, -0.2) is 19.6 Å². The van der Waals surface area contributed by atoms with Crippen molar-refractivity contribution >= 4 is 17.3 Å². The molecule has 0 amide bonds. The van der Waals surface area contributed by atoms with E-state index in [2.05, 4.69) is 62.7 Å². The van der Waals surface area contributed by atoms with Crippen LogP contribution in [0, 0.1) is 0 Å². The van der Waals surface area contributed by atoms with Crippen LogP contribution in [0.25, 0.3) is 0 Å². The summed E-state index contributed by atoms with van der Waals surface area (Å²) in [6.07, 6.45) is 1.13. The third kappa shape index (κ3) is 4.84. The molecule has 0 saturated carbocycles. The maximum absolute atomic E-state index is 6.45. The minimum atomic E-state index is 0.285. The van der Waals surface area contributed by atoms with E-state index in [9.17, 15) is 0 Å². The first kappa shape index (κ1) is 17.1. The summed E-state index contributed by atoms with van der Waals surface area (Å²) < 4.78 is 0. The molecule has 0 heterocycles. The molecule has 0 aliphatic rings. The Morgan fingerprint density at radius 1 is 1.40 bits per heavy atom. The standard InChI is InChI=1S/C17H27ClN2/c1-6-10-19-14(5)16-9-8-15(11-17(16)18)20(7-2)12-13(3)4/h8-9,11,14,19H,3,6-7,10,12H2,1-2,4-5H3. The van der Waals surface area contributed by atoms with Crippen molar-refractivity contribution in [2.24, 2.45) is 0 Å². The molecule has 0 fully saturated rings. The van der Waals surface area contributed by atoms with Crippen LogP contribution < -0.4 is 10.2 Å². The van der Waals surface area contributed by atoms with Crippen molar-refractivity contribution in [3.8, 4) is 0 Å². The molecular formula is C17H27ClN2. The monoisotopic (exact) mass is 294 g/mol. The van der Waals surface area contributed by atoms with Gasteiger partial charge in [-0.15, -0.1) is 0 Å². The van der Waals surface area contributed by atoms with Crippen LogP contribution in [0.4, 0.5) is 5.69 Å². The van der Waals surface area contributed by atoms with E-state index >= 15 is 0 Å². The molecule has 1 rings (SSSR count). The smallest absolute Gasteiger partial charge is 0.0474 e. The average Bonchev–Trinajstić information content (AvgIpc) is 2.41. The lowest BCUT2D eigenvalue weighted by molar-refractivity contribution is 0.571. The number of halogens is 1. The number of rotatable bonds is 8. The predicted molar refractivity (Wildman–Crippen MR) is 90.9 cm³/mol. The van der Waals surface area contributed by atoms with Gasteiger partial charge in [0.2, 0.25) is 0 Å². The van der Waals surface area contributed by atoms with E-state index in [0.717, 1.165) is 47.9 Å². The summed E-state index contributed by atoms with van der Waals surface area (Å²) in [6, 6.07) is 6.63. The van der Waals surface area contributed by atoms with Crippen molar-refractivity contribution in [2.45, 2.75) is 40.2 Å². The highest BCUT2D eigenvalue weighted by Crippen LogP contribution is 2.28. The first-order valence-electron chi connectivity index (χ1n) is 7.41. The second-order valence-electron chi connectivity index (χ2n) is 5.35. The molecule has 2 nitrogen and oxygen atoms in total. The SMILES string of the molecule is C=C(C)CN(CC)c1ccc(C(C)NCCC)c(Cl)c1. The van der Waals surface area contributed by atoms with Gasteiger partial charge in [-0.2, -0.15) is 0 Å². The zero-order valence-electron chi connectivity index (χ0n) is 13.2. The molecule has 0 saturated heterocycles. The van der Waals surface area contributed by atoms with Gasteiger partial charge in [-0.05, 0) is 51.4 Å². The van der Waals surface area contributed by atoms with Gasteiger partial charge in [-0.25, -0.2) is 0 Å². The second-order valence-corrected chi connectivity index (χ2v) is 5.76. The number of nitrogens with one attached hydrogen (secondary N) is 1. The van der Waals surface area contributed by atoms with Gasteiger partial charge in [0.05, 0.1) is 0 Å². The Bertz CT molecular complexity index is 443. The molecule has 0 aliphatic heterocycles. The van der Waals surface area contributed by atoms with Crippen LogP contribution in [0.3, 0.4) is 0 Å². The highest BCUT2D eigenvalue weighted by atomic mass is 35.5. The Morgan fingerprint density at radius 3 is 2.60 bits per heavy atom. The Morgan fingerprint density at radius 2 is 2.10 bits per heavy atom. The minimum Gasteiger partial charge on any atom is -0.368 e. The van der Waals surface area contributed by atoms with E-state index in [1.54, 1.807) is 0 Å². The van der Waals surface area contributed by atoms with Crippen LogP contribution in [0.5, 0.6) is 0 Å². The van der Waals surface area contributed by atoms with Crippen molar-refractivity contribution in [3.63, 3.8) is 0 Å². The van der Waals surface area contributed by atoms with E-state index in [1.807, 2.05) is 0 Å². The predicted octanol–water partition coefficient (Wildman–Crippen LogP) is 4.80. The third-order valence-corrected chi connectivity index (χ3v) is 3.69. The molecular weight excluding hydrogens is 268 g/mol. The van der Waals surface area contributed by atoms with Crippen molar-refractivity contribution < 1.29 is 0 Å². The number of anilines is 1. The summed E-state index contributed by atoms with van der Waals surface area (Å²) in [5.74, 6) is 0. The molecule has 1 aromatic carbocycles.